The fourth-order valence-electron chi connectivity index (χ4n) is 2.96. The summed E-state index contributed by atoms with van der Waals surface area (Å²) in [6.07, 6.45) is 5.50. The summed E-state index contributed by atoms with van der Waals surface area (Å²) in [5, 5.41) is 14.4. The second-order valence-corrected chi connectivity index (χ2v) is 6.36. The number of imidazole rings is 1. The molecule has 1 fully saturated rings. The quantitative estimate of drug-likeness (QED) is 0.812. The van der Waals surface area contributed by atoms with Crippen molar-refractivity contribution in [3.05, 3.63) is 28.5 Å². The van der Waals surface area contributed by atoms with Crippen LogP contribution in [0.15, 0.2) is 18.5 Å². The first-order valence-corrected chi connectivity index (χ1v) is 8.12. The highest BCUT2D eigenvalue weighted by Gasteiger charge is 2.21. The van der Waals surface area contributed by atoms with E-state index in [1.165, 1.54) is 0 Å². The van der Waals surface area contributed by atoms with E-state index >= 15 is 0 Å². The molecule has 0 aliphatic carbocycles. The van der Waals surface area contributed by atoms with E-state index in [4.69, 9.17) is 23.2 Å². The van der Waals surface area contributed by atoms with Crippen LogP contribution in [-0.4, -0.2) is 33.3 Å². The molecule has 1 saturated heterocycles. The van der Waals surface area contributed by atoms with Crippen LogP contribution in [0.25, 0.3) is 11.0 Å². The van der Waals surface area contributed by atoms with Crippen molar-refractivity contribution in [2.75, 3.05) is 6.54 Å². The summed E-state index contributed by atoms with van der Waals surface area (Å²) in [5.41, 5.74) is 1.75. The predicted molar refractivity (Wildman–Crippen MR) is 101 cm³/mol. The van der Waals surface area contributed by atoms with Gasteiger partial charge in [-0.25, -0.2) is 4.98 Å². The summed E-state index contributed by atoms with van der Waals surface area (Å²) >= 11 is 12.2. The van der Waals surface area contributed by atoms with Gasteiger partial charge in [0.1, 0.15) is 5.52 Å². The van der Waals surface area contributed by atoms with Gasteiger partial charge in [-0.2, -0.15) is 0 Å². The molecule has 8 heteroatoms. The highest BCUT2D eigenvalue weighted by molar-refractivity contribution is 6.44. The third kappa shape index (κ3) is 4.65. The first-order chi connectivity index (χ1) is 10.2. The van der Waals surface area contributed by atoms with Crippen LogP contribution >= 0.6 is 48.0 Å². The average molecular weight is 401 g/mol. The van der Waals surface area contributed by atoms with E-state index in [9.17, 15) is 5.11 Å². The summed E-state index contributed by atoms with van der Waals surface area (Å²) in [6.45, 7) is 1.86. The number of aliphatic hydroxyl groups excluding tert-OH is 1. The fourth-order valence-corrected chi connectivity index (χ4v) is 3.33. The van der Waals surface area contributed by atoms with Gasteiger partial charge in [-0.05, 0) is 44.4 Å². The number of hydrogen-bond donors (Lipinski definition) is 2. The predicted octanol–water partition coefficient (Wildman–Crippen LogP) is 4.08. The number of aliphatic hydroxyl groups is 1. The molecule has 23 heavy (non-hydrogen) atoms. The van der Waals surface area contributed by atoms with E-state index in [1.54, 1.807) is 12.4 Å². The molecule has 2 heterocycles. The van der Waals surface area contributed by atoms with Gasteiger partial charge in [0, 0.05) is 12.6 Å². The molecule has 1 aliphatic heterocycles. The van der Waals surface area contributed by atoms with E-state index in [-0.39, 0.29) is 37.0 Å². The van der Waals surface area contributed by atoms with Crippen LogP contribution in [0.4, 0.5) is 0 Å². The number of piperidine rings is 1. The van der Waals surface area contributed by atoms with Gasteiger partial charge in [0.15, 0.2) is 0 Å². The second kappa shape index (κ2) is 9.30. The van der Waals surface area contributed by atoms with E-state index in [0.717, 1.165) is 49.8 Å². The third-order valence-corrected chi connectivity index (χ3v) is 4.94. The summed E-state index contributed by atoms with van der Waals surface area (Å²) in [5.74, 6) is 0. The van der Waals surface area contributed by atoms with Crippen molar-refractivity contribution in [3.63, 3.8) is 0 Å². The first-order valence-electron chi connectivity index (χ1n) is 7.37. The number of nitrogens with one attached hydrogen (secondary N) is 1. The molecule has 1 aliphatic rings. The van der Waals surface area contributed by atoms with Crippen LogP contribution in [0.1, 0.15) is 25.7 Å². The number of rotatable bonds is 4. The number of nitrogens with zero attached hydrogens (tertiary/aromatic N) is 2. The second-order valence-electron chi connectivity index (χ2n) is 5.58. The topological polar surface area (TPSA) is 50.1 Å². The van der Waals surface area contributed by atoms with E-state index in [0.29, 0.717) is 10.0 Å². The number of aryl methyl sites for hydroxylation is 1. The minimum absolute atomic E-state index is 0. The number of benzene rings is 1. The highest BCUT2D eigenvalue weighted by Crippen LogP contribution is 2.29. The lowest BCUT2D eigenvalue weighted by molar-refractivity contribution is 0.0909. The zero-order chi connectivity index (χ0) is 14.8. The van der Waals surface area contributed by atoms with Crippen LogP contribution in [0, 0.1) is 0 Å². The Morgan fingerprint density at radius 3 is 2.83 bits per heavy atom. The Labute approximate surface area is 158 Å². The van der Waals surface area contributed by atoms with Gasteiger partial charge in [-0.3, -0.25) is 0 Å². The molecule has 0 unspecified atom stereocenters. The Morgan fingerprint density at radius 1 is 1.30 bits per heavy atom. The van der Waals surface area contributed by atoms with Crippen LogP contribution in [0.2, 0.25) is 10.0 Å². The fraction of sp³-hybridized carbons (Fsp3) is 0.533. The van der Waals surface area contributed by atoms with E-state index in [1.807, 2.05) is 6.07 Å². The van der Waals surface area contributed by atoms with Gasteiger partial charge < -0.3 is 15.0 Å². The molecule has 1 aromatic heterocycles. The molecule has 2 aromatic rings. The van der Waals surface area contributed by atoms with Gasteiger partial charge in [-0.15, -0.1) is 24.8 Å². The summed E-state index contributed by atoms with van der Waals surface area (Å²) < 4.78 is 2.09. The molecule has 4 nitrogen and oxygen atoms in total. The maximum atomic E-state index is 9.95. The minimum atomic E-state index is -0.216. The Morgan fingerprint density at radius 2 is 2.09 bits per heavy atom. The standard InChI is InChI=1S/C15H19Cl2N3O.2ClH/c16-10-5-6-12-15(14(10)17)19-9-20(12)8-2-3-11-13(21)4-1-7-18-11;;/h5-6,9,11,13,18,21H,1-4,7-8H2;2*1H/t11-,13+;;/m1../s1. The lowest BCUT2D eigenvalue weighted by atomic mass is 9.97. The van der Waals surface area contributed by atoms with E-state index < -0.39 is 0 Å². The summed E-state index contributed by atoms with van der Waals surface area (Å²) in [7, 11) is 0. The Hall–Kier alpha value is -0.230. The molecule has 0 radical (unpaired) electrons. The smallest absolute Gasteiger partial charge is 0.109 e. The lowest BCUT2D eigenvalue weighted by Crippen LogP contribution is -2.44. The largest absolute Gasteiger partial charge is 0.392 e. The normalized spacial score (nSPS) is 20.8. The van der Waals surface area contributed by atoms with Crippen molar-refractivity contribution in [2.45, 2.75) is 44.4 Å². The van der Waals surface area contributed by atoms with Crippen molar-refractivity contribution in [3.8, 4) is 0 Å². The number of aromatic nitrogens is 2. The molecule has 2 atom stereocenters. The van der Waals surface area contributed by atoms with Gasteiger partial charge in [0.2, 0.25) is 0 Å². The number of hydrogen-bond acceptors (Lipinski definition) is 3. The maximum absolute atomic E-state index is 9.95. The molecule has 2 N–H and O–H groups in total. The third-order valence-electron chi connectivity index (χ3n) is 4.15. The number of fused-ring (bicyclic) bond motifs is 1. The monoisotopic (exact) mass is 399 g/mol. The Balaban J connectivity index is 0.00000132. The molecule has 0 spiro atoms. The van der Waals surface area contributed by atoms with Crippen LogP contribution in [0.5, 0.6) is 0 Å². The van der Waals surface area contributed by atoms with Gasteiger partial charge >= 0.3 is 0 Å². The van der Waals surface area contributed by atoms with Gasteiger partial charge in [0.05, 0.1) is 28.0 Å². The van der Waals surface area contributed by atoms with Crippen LogP contribution in [0.3, 0.4) is 0 Å². The van der Waals surface area contributed by atoms with Gasteiger partial charge in [0.25, 0.3) is 0 Å². The van der Waals surface area contributed by atoms with Crippen molar-refractivity contribution in [2.24, 2.45) is 0 Å². The summed E-state index contributed by atoms with van der Waals surface area (Å²) in [4.78, 5) is 4.34. The number of halogens is 4. The zero-order valence-electron chi connectivity index (χ0n) is 12.5. The molecular formula is C15H21Cl4N3O. The highest BCUT2D eigenvalue weighted by atomic mass is 35.5. The van der Waals surface area contributed by atoms with Crippen molar-refractivity contribution in [1.29, 1.82) is 0 Å². The molecule has 0 bridgehead atoms. The average Bonchev–Trinajstić information content (AvgIpc) is 2.89. The van der Waals surface area contributed by atoms with Crippen LogP contribution < -0.4 is 5.32 Å². The van der Waals surface area contributed by atoms with Gasteiger partial charge in [-0.1, -0.05) is 23.2 Å². The SMILES string of the molecule is Cl.Cl.O[C@H]1CCCN[C@@H]1CCCn1cnc2c(Cl)c(Cl)ccc21. The Kier molecular flexibility index (Phi) is 8.42. The maximum Gasteiger partial charge on any atom is 0.109 e. The molecule has 3 rings (SSSR count). The van der Waals surface area contributed by atoms with Crippen LogP contribution in [-0.2, 0) is 6.54 Å². The minimum Gasteiger partial charge on any atom is -0.392 e. The first kappa shape index (κ1) is 20.8. The molecule has 130 valence electrons. The Bertz CT molecular complexity index is 634. The molecule has 0 amide bonds. The lowest BCUT2D eigenvalue weighted by Gasteiger charge is -2.29. The molecule has 1 aromatic carbocycles. The van der Waals surface area contributed by atoms with E-state index in [2.05, 4.69) is 14.9 Å². The summed E-state index contributed by atoms with van der Waals surface area (Å²) in [6, 6.07) is 3.97. The van der Waals surface area contributed by atoms with Crippen molar-refractivity contribution in [1.82, 2.24) is 14.9 Å². The molecule has 0 saturated carbocycles. The van der Waals surface area contributed by atoms with Crippen molar-refractivity contribution < 1.29 is 5.11 Å². The zero-order valence-corrected chi connectivity index (χ0v) is 15.7. The van der Waals surface area contributed by atoms with Crippen molar-refractivity contribution >= 4 is 59.0 Å². The molecular weight excluding hydrogens is 380 g/mol.